The molecule has 3 rings (SSSR count). The molecule has 2 aliphatic carbocycles. The quantitative estimate of drug-likeness (QED) is 0.855. The first kappa shape index (κ1) is 13.3. The average Bonchev–Trinajstić information content (AvgIpc) is 3.09. The molecule has 5 nitrogen and oxygen atoms in total. The van der Waals surface area contributed by atoms with Crippen LogP contribution in [0.15, 0.2) is 12.3 Å². The highest BCUT2D eigenvalue weighted by Crippen LogP contribution is 2.49. The fourth-order valence-electron chi connectivity index (χ4n) is 3.88. The first-order valence-corrected chi connectivity index (χ1v) is 7.35. The van der Waals surface area contributed by atoms with E-state index in [2.05, 4.69) is 26.9 Å². The molecule has 0 radical (unpaired) electrons. The molecule has 0 saturated heterocycles. The van der Waals surface area contributed by atoms with Crippen LogP contribution in [0.25, 0.3) is 0 Å². The SMILES string of the molecule is COC(=O)c1nccc(NC(C)C2CC3CCC2C3)n1. The van der Waals surface area contributed by atoms with E-state index < -0.39 is 5.97 Å². The Kier molecular flexibility index (Phi) is 3.59. The minimum atomic E-state index is -0.499. The number of carbonyl (C=O) groups is 1. The number of hydrogen-bond acceptors (Lipinski definition) is 5. The third kappa shape index (κ3) is 2.49. The monoisotopic (exact) mass is 275 g/mol. The van der Waals surface area contributed by atoms with Crippen LogP contribution in [0.5, 0.6) is 0 Å². The smallest absolute Gasteiger partial charge is 0.376 e. The van der Waals surface area contributed by atoms with Crippen molar-refractivity contribution < 1.29 is 9.53 Å². The summed E-state index contributed by atoms with van der Waals surface area (Å²) in [5.74, 6) is 2.84. The van der Waals surface area contributed by atoms with Gasteiger partial charge in [-0.05, 0) is 50.0 Å². The zero-order valence-electron chi connectivity index (χ0n) is 12.0. The number of ether oxygens (including phenoxy) is 1. The van der Waals surface area contributed by atoms with Gasteiger partial charge in [0.05, 0.1) is 7.11 Å². The van der Waals surface area contributed by atoms with E-state index in [1.54, 1.807) is 12.3 Å². The van der Waals surface area contributed by atoms with Crippen molar-refractivity contribution in [2.75, 3.05) is 12.4 Å². The van der Waals surface area contributed by atoms with Gasteiger partial charge in [-0.25, -0.2) is 14.8 Å². The van der Waals surface area contributed by atoms with Gasteiger partial charge in [-0.3, -0.25) is 0 Å². The molecule has 1 aromatic heterocycles. The van der Waals surface area contributed by atoms with E-state index in [0.29, 0.717) is 11.9 Å². The molecule has 0 amide bonds. The molecular weight excluding hydrogens is 254 g/mol. The molecule has 4 unspecified atom stereocenters. The molecular formula is C15H21N3O2. The first-order chi connectivity index (χ1) is 9.67. The second-order valence-electron chi connectivity index (χ2n) is 6.03. The number of carbonyl (C=O) groups excluding carboxylic acids is 1. The minimum absolute atomic E-state index is 0.109. The van der Waals surface area contributed by atoms with Crippen molar-refractivity contribution in [3.63, 3.8) is 0 Å². The van der Waals surface area contributed by atoms with Gasteiger partial charge in [0.15, 0.2) is 0 Å². The molecule has 108 valence electrons. The zero-order chi connectivity index (χ0) is 14.1. The van der Waals surface area contributed by atoms with Crippen LogP contribution in [0.3, 0.4) is 0 Å². The second-order valence-corrected chi connectivity index (χ2v) is 6.03. The van der Waals surface area contributed by atoms with Gasteiger partial charge < -0.3 is 10.1 Å². The summed E-state index contributed by atoms with van der Waals surface area (Å²) in [7, 11) is 1.34. The van der Waals surface area contributed by atoms with E-state index in [0.717, 1.165) is 17.8 Å². The van der Waals surface area contributed by atoms with E-state index in [1.165, 1.54) is 32.8 Å². The van der Waals surface area contributed by atoms with E-state index in [9.17, 15) is 4.79 Å². The molecule has 2 aliphatic rings. The van der Waals surface area contributed by atoms with Crippen molar-refractivity contribution in [2.45, 2.75) is 38.6 Å². The molecule has 2 bridgehead atoms. The first-order valence-electron chi connectivity index (χ1n) is 7.35. The molecule has 4 atom stereocenters. The van der Waals surface area contributed by atoms with E-state index in [-0.39, 0.29) is 5.82 Å². The van der Waals surface area contributed by atoms with Gasteiger partial charge in [0.2, 0.25) is 5.82 Å². The Labute approximate surface area is 119 Å². The summed E-state index contributed by atoms with van der Waals surface area (Å²) >= 11 is 0. The third-order valence-electron chi connectivity index (χ3n) is 4.83. The summed E-state index contributed by atoms with van der Waals surface area (Å²) < 4.78 is 4.64. The maximum Gasteiger partial charge on any atom is 0.376 e. The van der Waals surface area contributed by atoms with Crippen molar-refractivity contribution in [3.05, 3.63) is 18.1 Å². The Morgan fingerprint density at radius 2 is 2.30 bits per heavy atom. The van der Waals surface area contributed by atoms with Crippen molar-refractivity contribution in [1.29, 1.82) is 0 Å². The van der Waals surface area contributed by atoms with Crippen LogP contribution in [0, 0.1) is 17.8 Å². The highest BCUT2D eigenvalue weighted by Gasteiger charge is 2.41. The van der Waals surface area contributed by atoms with Crippen LogP contribution in [0.4, 0.5) is 5.82 Å². The topological polar surface area (TPSA) is 64.1 Å². The van der Waals surface area contributed by atoms with Gasteiger partial charge >= 0.3 is 5.97 Å². The molecule has 0 aliphatic heterocycles. The zero-order valence-corrected chi connectivity index (χ0v) is 12.0. The van der Waals surface area contributed by atoms with Gasteiger partial charge in [0, 0.05) is 12.2 Å². The molecule has 5 heteroatoms. The minimum Gasteiger partial charge on any atom is -0.463 e. The summed E-state index contributed by atoms with van der Waals surface area (Å²) in [4.78, 5) is 19.6. The normalized spacial score (nSPS) is 29.2. The largest absolute Gasteiger partial charge is 0.463 e. The van der Waals surface area contributed by atoms with Crippen LogP contribution in [0.1, 0.15) is 43.2 Å². The average molecular weight is 275 g/mol. The van der Waals surface area contributed by atoms with E-state index >= 15 is 0 Å². The third-order valence-corrected chi connectivity index (χ3v) is 4.83. The summed E-state index contributed by atoms with van der Waals surface area (Å²) in [5, 5.41) is 3.43. The number of hydrogen-bond donors (Lipinski definition) is 1. The molecule has 1 aromatic rings. The standard InChI is InChI=1S/C15H21N3O2/c1-9(12-8-10-3-4-11(12)7-10)17-13-5-6-16-14(18-13)15(19)20-2/h5-6,9-12H,3-4,7-8H2,1-2H3,(H,16,17,18). The van der Waals surface area contributed by atoms with Gasteiger partial charge in [0.1, 0.15) is 5.82 Å². The number of rotatable bonds is 4. The summed E-state index contributed by atoms with van der Waals surface area (Å²) in [6, 6.07) is 2.18. The highest BCUT2D eigenvalue weighted by molar-refractivity contribution is 5.85. The number of nitrogens with one attached hydrogen (secondary N) is 1. The van der Waals surface area contributed by atoms with Crippen LogP contribution in [0.2, 0.25) is 0 Å². The number of fused-ring (bicyclic) bond motifs is 2. The van der Waals surface area contributed by atoms with Crippen LogP contribution in [-0.2, 0) is 4.74 Å². The number of methoxy groups -OCH3 is 1. The number of anilines is 1. The summed E-state index contributed by atoms with van der Waals surface area (Å²) in [5.41, 5.74) is 0. The number of esters is 1. The molecule has 1 heterocycles. The molecule has 2 saturated carbocycles. The predicted molar refractivity (Wildman–Crippen MR) is 75.4 cm³/mol. The van der Waals surface area contributed by atoms with Crippen molar-refractivity contribution in [3.8, 4) is 0 Å². The lowest BCUT2D eigenvalue weighted by Crippen LogP contribution is -2.30. The Morgan fingerprint density at radius 3 is 2.95 bits per heavy atom. The number of aromatic nitrogens is 2. The van der Waals surface area contributed by atoms with Gasteiger partial charge in [-0.1, -0.05) is 6.42 Å². The maximum atomic E-state index is 11.4. The summed E-state index contributed by atoms with van der Waals surface area (Å²) in [6.45, 7) is 2.21. The van der Waals surface area contributed by atoms with Crippen LogP contribution >= 0.6 is 0 Å². The molecule has 0 aromatic carbocycles. The molecule has 0 spiro atoms. The fraction of sp³-hybridized carbons (Fsp3) is 0.667. The molecule has 2 fully saturated rings. The van der Waals surface area contributed by atoms with E-state index in [4.69, 9.17) is 0 Å². The second kappa shape index (κ2) is 5.38. The lowest BCUT2D eigenvalue weighted by atomic mass is 9.84. The Hall–Kier alpha value is -1.65. The Bertz CT molecular complexity index is 506. The number of nitrogens with zero attached hydrogens (tertiary/aromatic N) is 2. The van der Waals surface area contributed by atoms with E-state index in [1.807, 2.05) is 0 Å². The maximum absolute atomic E-state index is 11.4. The highest BCUT2D eigenvalue weighted by atomic mass is 16.5. The van der Waals surface area contributed by atoms with Gasteiger partial charge in [-0.15, -0.1) is 0 Å². The lowest BCUT2D eigenvalue weighted by Gasteiger charge is -2.28. The lowest BCUT2D eigenvalue weighted by molar-refractivity contribution is 0.0587. The Balaban J connectivity index is 1.67. The summed E-state index contributed by atoms with van der Waals surface area (Å²) in [6.07, 6.45) is 7.10. The molecule has 1 N–H and O–H groups in total. The Morgan fingerprint density at radius 1 is 1.45 bits per heavy atom. The predicted octanol–water partition coefficient (Wildman–Crippen LogP) is 2.50. The van der Waals surface area contributed by atoms with Gasteiger partial charge in [0.25, 0.3) is 0 Å². The van der Waals surface area contributed by atoms with Crippen LogP contribution in [-0.4, -0.2) is 29.1 Å². The fourth-order valence-corrected chi connectivity index (χ4v) is 3.88. The molecule has 20 heavy (non-hydrogen) atoms. The van der Waals surface area contributed by atoms with Crippen LogP contribution < -0.4 is 5.32 Å². The van der Waals surface area contributed by atoms with Crippen molar-refractivity contribution >= 4 is 11.8 Å². The van der Waals surface area contributed by atoms with Gasteiger partial charge in [-0.2, -0.15) is 0 Å². The van der Waals surface area contributed by atoms with Crippen molar-refractivity contribution in [2.24, 2.45) is 17.8 Å². The van der Waals surface area contributed by atoms with Crippen molar-refractivity contribution in [1.82, 2.24) is 9.97 Å².